The van der Waals surface area contributed by atoms with Gasteiger partial charge in [-0.3, -0.25) is 4.57 Å². The lowest BCUT2D eigenvalue weighted by molar-refractivity contribution is 0.460. The van der Waals surface area contributed by atoms with E-state index in [-0.39, 0.29) is 5.75 Å². The number of halogens is 1. The zero-order valence-corrected chi connectivity index (χ0v) is 7.89. The summed E-state index contributed by atoms with van der Waals surface area (Å²) in [5.41, 5.74) is 0. The Bertz CT molecular complexity index is 347. The molecular weight excluding hydrogens is 228 g/mol. The van der Waals surface area contributed by atoms with Crippen molar-refractivity contribution in [3.63, 3.8) is 0 Å². The molecule has 1 aromatic rings. The van der Waals surface area contributed by atoms with Gasteiger partial charge in [-0.05, 0) is 15.9 Å². The van der Waals surface area contributed by atoms with Crippen LogP contribution in [-0.2, 0) is 0 Å². The van der Waals surface area contributed by atoms with E-state index in [1.807, 2.05) is 0 Å². The Hall–Kier alpha value is -0.680. The Morgan fingerprint density at radius 2 is 2.45 bits per heavy atom. The van der Waals surface area contributed by atoms with Crippen LogP contribution in [0, 0.1) is 4.64 Å². The maximum absolute atomic E-state index is 9.24. The molecule has 1 rings (SSSR count). The Balaban J connectivity index is 3.49. The molecule has 0 saturated heterocycles. The number of nitrogens with zero attached hydrogens (tertiary/aromatic N) is 2. The van der Waals surface area contributed by atoms with Gasteiger partial charge in [0.2, 0.25) is 0 Å². The van der Waals surface area contributed by atoms with E-state index in [1.165, 1.54) is 17.1 Å². The fraction of sp³-hybridized carbons (Fsp3) is 0. The summed E-state index contributed by atoms with van der Waals surface area (Å²) in [6, 6.07) is 0. The lowest BCUT2D eigenvalue weighted by Gasteiger charge is -2.00. The Morgan fingerprint density at radius 1 is 1.82 bits per heavy atom. The van der Waals surface area contributed by atoms with E-state index in [0.29, 0.717) is 9.24 Å². The Kier molecular flexibility index (Phi) is 2.41. The summed E-state index contributed by atoms with van der Waals surface area (Å²) in [5, 5.41) is 9.24. The summed E-state index contributed by atoms with van der Waals surface area (Å²) in [6.45, 7) is 3.49. The van der Waals surface area contributed by atoms with Crippen LogP contribution in [0.4, 0.5) is 0 Å². The molecular formula is C6H5BrN2OS. The highest BCUT2D eigenvalue weighted by atomic mass is 79.9. The zero-order chi connectivity index (χ0) is 8.43. The van der Waals surface area contributed by atoms with Gasteiger partial charge in [0.25, 0.3) is 0 Å². The topological polar surface area (TPSA) is 38.0 Å². The third kappa shape index (κ3) is 1.49. The lowest BCUT2D eigenvalue weighted by atomic mass is 10.6. The Labute approximate surface area is 77.1 Å². The fourth-order valence-electron chi connectivity index (χ4n) is 0.567. The van der Waals surface area contributed by atoms with Gasteiger partial charge in [0.1, 0.15) is 6.33 Å². The quantitative estimate of drug-likeness (QED) is 0.596. The van der Waals surface area contributed by atoms with Gasteiger partial charge in [-0.15, -0.1) is 0 Å². The van der Waals surface area contributed by atoms with Crippen LogP contribution in [0.3, 0.4) is 0 Å². The van der Waals surface area contributed by atoms with Crippen molar-refractivity contribution >= 4 is 34.3 Å². The van der Waals surface area contributed by atoms with Crippen LogP contribution in [0.2, 0.25) is 0 Å². The molecule has 0 radical (unpaired) electrons. The summed E-state index contributed by atoms with van der Waals surface area (Å²) in [5.74, 6) is -0.0394. The minimum Gasteiger partial charge on any atom is -0.503 e. The molecule has 0 spiro atoms. The van der Waals surface area contributed by atoms with Crippen LogP contribution in [0.5, 0.6) is 5.75 Å². The van der Waals surface area contributed by atoms with E-state index in [9.17, 15) is 5.11 Å². The van der Waals surface area contributed by atoms with Crippen molar-refractivity contribution in [3.05, 3.63) is 22.2 Å². The van der Waals surface area contributed by atoms with E-state index in [2.05, 4.69) is 27.5 Å². The second-order valence-corrected chi connectivity index (χ2v) is 2.92. The average molecular weight is 233 g/mol. The van der Waals surface area contributed by atoms with E-state index in [0.717, 1.165) is 0 Å². The highest BCUT2D eigenvalue weighted by Gasteiger charge is 2.01. The van der Waals surface area contributed by atoms with Gasteiger partial charge in [0.05, 0.1) is 0 Å². The number of hydrogen-bond donors (Lipinski definition) is 1. The molecule has 0 atom stereocenters. The maximum atomic E-state index is 9.24. The molecule has 0 aromatic carbocycles. The number of rotatable bonds is 1. The van der Waals surface area contributed by atoms with E-state index < -0.39 is 0 Å². The van der Waals surface area contributed by atoms with E-state index in [1.54, 1.807) is 0 Å². The molecule has 1 heterocycles. The minimum atomic E-state index is -0.0394. The third-order valence-electron chi connectivity index (χ3n) is 1.12. The van der Waals surface area contributed by atoms with Crippen LogP contribution in [0.15, 0.2) is 17.5 Å². The maximum Gasteiger partial charge on any atom is 0.184 e. The zero-order valence-electron chi connectivity index (χ0n) is 5.49. The smallest absolute Gasteiger partial charge is 0.184 e. The van der Waals surface area contributed by atoms with Crippen LogP contribution in [0.1, 0.15) is 0 Å². The van der Waals surface area contributed by atoms with Crippen molar-refractivity contribution in [2.45, 2.75) is 0 Å². The number of hydrogen-bond acceptors (Lipinski definition) is 3. The van der Waals surface area contributed by atoms with Gasteiger partial charge in [-0.25, -0.2) is 4.98 Å². The molecule has 5 heteroatoms. The van der Waals surface area contributed by atoms with Gasteiger partial charge in [-0.1, -0.05) is 18.8 Å². The number of aromatic hydroxyl groups is 1. The van der Waals surface area contributed by atoms with Crippen molar-refractivity contribution < 1.29 is 5.11 Å². The first kappa shape index (κ1) is 8.42. The van der Waals surface area contributed by atoms with Crippen LogP contribution in [-0.4, -0.2) is 14.7 Å². The summed E-state index contributed by atoms with van der Waals surface area (Å²) >= 11 is 7.89. The van der Waals surface area contributed by atoms with Gasteiger partial charge in [0.15, 0.2) is 15.0 Å². The molecule has 0 amide bonds. The average Bonchev–Trinajstić information content (AvgIpc) is 2.01. The summed E-state index contributed by atoms with van der Waals surface area (Å²) < 4.78 is 2.09. The SMILES string of the molecule is C=Cn1cnc(Br)c(O)c1=S. The van der Waals surface area contributed by atoms with Gasteiger partial charge in [-0.2, -0.15) is 0 Å². The standard InChI is InChI=1S/C6H5BrN2OS/c1-2-9-3-8-5(7)4(10)6(9)11/h2-3,10H,1H2. The van der Waals surface area contributed by atoms with Gasteiger partial charge < -0.3 is 5.11 Å². The fourth-order valence-corrected chi connectivity index (χ4v) is 1.20. The minimum absolute atomic E-state index is 0.0394. The molecule has 0 aliphatic carbocycles. The second-order valence-electron chi connectivity index (χ2n) is 1.78. The lowest BCUT2D eigenvalue weighted by Crippen LogP contribution is -1.92. The molecule has 0 fully saturated rings. The predicted octanol–water partition coefficient (Wildman–Crippen LogP) is 2.18. The van der Waals surface area contributed by atoms with Crippen molar-refractivity contribution in [1.82, 2.24) is 9.55 Å². The molecule has 11 heavy (non-hydrogen) atoms. The van der Waals surface area contributed by atoms with Crippen molar-refractivity contribution in [2.24, 2.45) is 0 Å². The van der Waals surface area contributed by atoms with E-state index in [4.69, 9.17) is 12.2 Å². The number of aromatic nitrogens is 2. The van der Waals surface area contributed by atoms with Crippen molar-refractivity contribution in [2.75, 3.05) is 0 Å². The van der Waals surface area contributed by atoms with Crippen LogP contribution < -0.4 is 0 Å². The van der Waals surface area contributed by atoms with Gasteiger partial charge in [0, 0.05) is 6.20 Å². The Morgan fingerprint density at radius 3 is 3.00 bits per heavy atom. The normalized spacial score (nSPS) is 9.55. The summed E-state index contributed by atoms with van der Waals surface area (Å²) in [4.78, 5) is 3.80. The van der Waals surface area contributed by atoms with Crippen molar-refractivity contribution in [1.29, 1.82) is 0 Å². The highest BCUT2D eigenvalue weighted by molar-refractivity contribution is 9.10. The van der Waals surface area contributed by atoms with Crippen LogP contribution in [0.25, 0.3) is 6.20 Å². The predicted molar refractivity (Wildman–Crippen MR) is 48.8 cm³/mol. The first-order valence-corrected chi connectivity index (χ1v) is 3.95. The summed E-state index contributed by atoms with van der Waals surface area (Å²) in [7, 11) is 0. The molecule has 3 nitrogen and oxygen atoms in total. The molecule has 0 saturated carbocycles. The molecule has 0 unspecified atom stereocenters. The molecule has 0 aliphatic rings. The molecule has 0 aliphatic heterocycles. The second kappa shape index (κ2) is 3.15. The molecule has 0 bridgehead atoms. The highest BCUT2D eigenvalue weighted by Crippen LogP contribution is 2.21. The first-order valence-electron chi connectivity index (χ1n) is 2.75. The summed E-state index contributed by atoms with van der Waals surface area (Å²) in [6.07, 6.45) is 2.95. The first-order chi connectivity index (χ1) is 5.16. The largest absolute Gasteiger partial charge is 0.503 e. The molecule has 58 valence electrons. The van der Waals surface area contributed by atoms with E-state index >= 15 is 0 Å². The monoisotopic (exact) mass is 232 g/mol. The third-order valence-corrected chi connectivity index (χ3v) is 2.11. The van der Waals surface area contributed by atoms with Crippen LogP contribution >= 0.6 is 28.1 Å². The molecule has 1 aromatic heterocycles. The molecule has 1 N–H and O–H groups in total. The van der Waals surface area contributed by atoms with Crippen molar-refractivity contribution in [3.8, 4) is 5.75 Å². The van der Waals surface area contributed by atoms with Gasteiger partial charge >= 0.3 is 0 Å².